The molecule has 0 N–H and O–H groups in total. The van der Waals surface area contributed by atoms with Crippen molar-refractivity contribution in [3.05, 3.63) is 70.2 Å². The second kappa shape index (κ2) is 14.5. The molecule has 2 aliphatic carbocycles. The molecule has 1 heteroatoms. The molecule has 0 radical (unpaired) electrons. The average molecular weight is 493 g/mol. The summed E-state index contributed by atoms with van der Waals surface area (Å²) in [4.78, 5) is 0. The smallest absolute Gasteiger partial charge is 0.0406 e. The van der Waals surface area contributed by atoms with Gasteiger partial charge in [0.15, 0.2) is 0 Å². The van der Waals surface area contributed by atoms with E-state index in [1.807, 2.05) is 12.1 Å². The Hall–Kier alpha value is -1.27. The van der Waals surface area contributed by atoms with E-state index >= 15 is 0 Å². The number of halogens is 1. The fourth-order valence-corrected chi connectivity index (χ4v) is 6.95. The van der Waals surface area contributed by atoms with Gasteiger partial charge in [0, 0.05) is 5.02 Å². The Morgan fingerprint density at radius 2 is 1.06 bits per heavy atom. The average Bonchev–Trinajstić information content (AvgIpc) is 2.91. The normalized spacial score (nSPS) is 25.0. The zero-order valence-electron chi connectivity index (χ0n) is 22.3. The zero-order chi connectivity index (χ0) is 24.3. The summed E-state index contributed by atoms with van der Waals surface area (Å²) in [6.45, 7) is 2.32. The summed E-state index contributed by atoms with van der Waals surface area (Å²) in [6, 6.07) is 17.9. The van der Waals surface area contributed by atoms with E-state index < -0.39 is 0 Å². The van der Waals surface area contributed by atoms with Gasteiger partial charge in [-0.05, 0) is 91.0 Å². The van der Waals surface area contributed by atoms with Gasteiger partial charge in [-0.1, -0.05) is 126 Å². The van der Waals surface area contributed by atoms with Crippen molar-refractivity contribution >= 4 is 11.6 Å². The van der Waals surface area contributed by atoms with E-state index in [4.69, 9.17) is 11.6 Å². The van der Waals surface area contributed by atoms with E-state index in [9.17, 15) is 0 Å². The Bertz CT molecular complexity index is 820. The quantitative estimate of drug-likeness (QED) is 0.258. The maximum Gasteiger partial charge on any atom is 0.0406 e. The predicted molar refractivity (Wildman–Crippen MR) is 153 cm³/mol. The zero-order valence-corrected chi connectivity index (χ0v) is 23.1. The standard InChI is InChI=1S/C34H49Cl/c1-2-3-4-5-6-27-7-9-28(10-8-27)11-12-29-15-21-32(22-16-29)33-23-17-30(18-24-33)13-14-31-19-25-34(35)26-20-31/h17-20,23-29,32H,2-16,21-22H2,1H3. The van der Waals surface area contributed by atoms with Crippen LogP contribution in [0.3, 0.4) is 0 Å². The first kappa shape index (κ1) is 26.8. The SMILES string of the molecule is CCCCCCC1CCC(CCC2CCC(c3ccc(CCc4ccc(Cl)cc4)cc3)CC2)CC1. The van der Waals surface area contributed by atoms with E-state index in [0.29, 0.717) is 0 Å². The molecule has 192 valence electrons. The number of unbranched alkanes of at least 4 members (excludes halogenated alkanes) is 3. The fraction of sp³-hybridized carbons (Fsp3) is 0.647. The number of aryl methyl sites for hydroxylation is 2. The summed E-state index contributed by atoms with van der Waals surface area (Å²) in [5, 5.41) is 0.823. The van der Waals surface area contributed by atoms with Crippen LogP contribution in [0.15, 0.2) is 48.5 Å². The van der Waals surface area contributed by atoms with E-state index in [2.05, 4.69) is 43.3 Å². The predicted octanol–water partition coefficient (Wildman–Crippen LogP) is 11.0. The fourth-order valence-electron chi connectivity index (χ4n) is 6.82. The second-order valence-electron chi connectivity index (χ2n) is 11.9. The first-order valence-electron chi connectivity index (χ1n) is 15.0. The first-order chi connectivity index (χ1) is 17.2. The van der Waals surface area contributed by atoms with Crippen molar-refractivity contribution in [2.45, 2.75) is 122 Å². The number of rotatable bonds is 12. The molecule has 2 aromatic rings. The summed E-state index contributed by atoms with van der Waals surface area (Å²) in [6.07, 6.45) is 24.3. The minimum Gasteiger partial charge on any atom is -0.0843 e. The van der Waals surface area contributed by atoms with Crippen LogP contribution in [0.25, 0.3) is 0 Å². The molecule has 0 aromatic heterocycles. The van der Waals surface area contributed by atoms with Crippen molar-refractivity contribution in [3.8, 4) is 0 Å². The van der Waals surface area contributed by atoms with Gasteiger partial charge in [0.1, 0.15) is 0 Å². The monoisotopic (exact) mass is 492 g/mol. The second-order valence-corrected chi connectivity index (χ2v) is 12.3. The van der Waals surface area contributed by atoms with Gasteiger partial charge in [0.2, 0.25) is 0 Å². The molecule has 0 saturated heterocycles. The third-order valence-corrected chi connectivity index (χ3v) is 9.58. The highest BCUT2D eigenvalue weighted by Crippen LogP contribution is 2.40. The molecule has 2 saturated carbocycles. The van der Waals surface area contributed by atoms with E-state index in [0.717, 1.165) is 41.5 Å². The Morgan fingerprint density at radius 1 is 0.571 bits per heavy atom. The summed E-state index contributed by atoms with van der Waals surface area (Å²) >= 11 is 6.01. The van der Waals surface area contributed by atoms with Gasteiger partial charge in [-0.15, -0.1) is 0 Å². The minimum atomic E-state index is 0.791. The Labute approximate surface area is 221 Å². The van der Waals surface area contributed by atoms with Crippen molar-refractivity contribution in [1.82, 2.24) is 0 Å². The molecule has 0 bridgehead atoms. The molecule has 2 fully saturated rings. The topological polar surface area (TPSA) is 0 Å². The van der Waals surface area contributed by atoms with Crippen LogP contribution >= 0.6 is 11.6 Å². The molecular weight excluding hydrogens is 444 g/mol. The van der Waals surface area contributed by atoms with Gasteiger partial charge in [-0.3, -0.25) is 0 Å². The van der Waals surface area contributed by atoms with Crippen molar-refractivity contribution in [2.75, 3.05) is 0 Å². The van der Waals surface area contributed by atoms with Crippen LogP contribution in [0.2, 0.25) is 5.02 Å². The lowest BCUT2D eigenvalue weighted by atomic mass is 9.74. The molecular formula is C34H49Cl. The van der Waals surface area contributed by atoms with Crippen LogP contribution in [-0.4, -0.2) is 0 Å². The highest BCUT2D eigenvalue weighted by Gasteiger charge is 2.25. The van der Waals surface area contributed by atoms with Crippen molar-refractivity contribution in [1.29, 1.82) is 0 Å². The Kier molecular flexibility index (Phi) is 11.1. The van der Waals surface area contributed by atoms with Crippen molar-refractivity contribution < 1.29 is 0 Å². The van der Waals surface area contributed by atoms with E-state index in [1.54, 1.807) is 5.56 Å². The van der Waals surface area contributed by atoms with Crippen LogP contribution in [0, 0.1) is 17.8 Å². The van der Waals surface area contributed by atoms with Gasteiger partial charge >= 0.3 is 0 Å². The lowest BCUT2D eigenvalue weighted by Crippen LogP contribution is -2.18. The minimum absolute atomic E-state index is 0.791. The van der Waals surface area contributed by atoms with Gasteiger partial charge in [0.25, 0.3) is 0 Å². The highest BCUT2D eigenvalue weighted by molar-refractivity contribution is 6.30. The summed E-state index contributed by atoms with van der Waals surface area (Å²) in [5.41, 5.74) is 4.40. The molecule has 0 unspecified atom stereocenters. The van der Waals surface area contributed by atoms with Gasteiger partial charge in [0.05, 0.1) is 0 Å². The highest BCUT2D eigenvalue weighted by atomic mass is 35.5. The molecule has 4 rings (SSSR count). The maximum absolute atomic E-state index is 6.01. The Balaban J connectivity index is 1.10. The largest absolute Gasteiger partial charge is 0.0843 e. The van der Waals surface area contributed by atoms with Crippen LogP contribution in [0.4, 0.5) is 0 Å². The molecule has 2 aliphatic rings. The third kappa shape index (κ3) is 8.96. The number of hydrogen-bond donors (Lipinski definition) is 0. The Morgan fingerprint density at radius 3 is 1.60 bits per heavy atom. The third-order valence-electron chi connectivity index (χ3n) is 9.33. The van der Waals surface area contributed by atoms with E-state index in [1.165, 1.54) is 107 Å². The van der Waals surface area contributed by atoms with Crippen LogP contribution in [0.1, 0.15) is 126 Å². The van der Waals surface area contributed by atoms with Crippen molar-refractivity contribution in [3.63, 3.8) is 0 Å². The van der Waals surface area contributed by atoms with Crippen LogP contribution in [0.5, 0.6) is 0 Å². The molecule has 0 atom stereocenters. The molecule has 0 heterocycles. The molecule has 0 spiro atoms. The van der Waals surface area contributed by atoms with Crippen molar-refractivity contribution in [2.24, 2.45) is 17.8 Å². The molecule has 0 aliphatic heterocycles. The van der Waals surface area contributed by atoms with Gasteiger partial charge in [-0.2, -0.15) is 0 Å². The van der Waals surface area contributed by atoms with Crippen LogP contribution in [-0.2, 0) is 12.8 Å². The summed E-state index contributed by atoms with van der Waals surface area (Å²) in [7, 11) is 0. The molecule has 35 heavy (non-hydrogen) atoms. The molecule has 2 aromatic carbocycles. The summed E-state index contributed by atoms with van der Waals surface area (Å²) < 4.78 is 0. The molecule has 0 amide bonds. The van der Waals surface area contributed by atoms with Gasteiger partial charge < -0.3 is 0 Å². The van der Waals surface area contributed by atoms with E-state index in [-0.39, 0.29) is 0 Å². The van der Waals surface area contributed by atoms with Crippen LogP contribution < -0.4 is 0 Å². The lowest BCUT2D eigenvalue weighted by molar-refractivity contribution is 0.222. The first-order valence-corrected chi connectivity index (χ1v) is 15.4. The van der Waals surface area contributed by atoms with Gasteiger partial charge in [-0.25, -0.2) is 0 Å². The lowest BCUT2D eigenvalue weighted by Gasteiger charge is -2.32. The number of benzene rings is 2. The maximum atomic E-state index is 6.01. The number of hydrogen-bond acceptors (Lipinski definition) is 0. The summed E-state index contributed by atoms with van der Waals surface area (Å²) in [5.74, 6) is 3.89. The molecule has 0 nitrogen and oxygen atoms in total.